The second kappa shape index (κ2) is 7.14. The van der Waals surface area contributed by atoms with E-state index in [1.165, 1.54) is 0 Å². The quantitative estimate of drug-likeness (QED) is 0.746. The van der Waals surface area contributed by atoms with Crippen LogP contribution in [-0.2, 0) is 0 Å². The van der Waals surface area contributed by atoms with Gasteiger partial charge in [-0.25, -0.2) is 0 Å². The summed E-state index contributed by atoms with van der Waals surface area (Å²) in [4.78, 5) is 12.0. The number of Topliss-reactive ketones (excluding diaryl/α,β-unsaturated/α-hetero) is 1. The van der Waals surface area contributed by atoms with Gasteiger partial charge in [-0.15, -0.1) is 0 Å². The van der Waals surface area contributed by atoms with Gasteiger partial charge in [0.05, 0.1) is 6.61 Å². The zero-order valence-electron chi connectivity index (χ0n) is 12.1. The summed E-state index contributed by atoms with van der Waals surface area (Å²) in [5.41, 5.74) is 1.52. The molecule has 0 bridgehead atoms. The summed E-state index contributed by atoms with van der Waals surface area (Å²) in [6, 6.07) is 12.4. The second-order valence-electron chi connectivity index (χ2n) is 4.58. The Hall–Kier alpha value is -2.00. The van der Waals surface area contributed by atoms with Gasteiger partial charge >= 0.3 is 0 Å². The van der Waals surface area contributed by atoms with Crippen LogP contribution >= 0.6 is 11.6 Å². The Balaban J connectivity index is 1.96. The van der Waals surface area contributed by atoms with E-state index in [2.05, 4.69) is 0 Å². The van der Waals surface area contributed by atoms with E-state index in [1.807, 2.05) is 19.9 Å². The molecule has 0 saturated heterocycles. The third-order valence-electron chi connectivity index (χ3n) is 2.99. The molecule has 0 heterocycles. The first-order valence-electron chi connectivity index (χ1n) is 6.75. The number of halogens is 1. The summed E-state index contributed by atoms with van der Waals surface area (Å²) in [5.74, 6) is 1.31. The largest absolute Gasteiger partial charge is 0.494 e. The lowest BCUT2D eigenvalue weighted by molar-refractivity contribution is 0.0921. The van der Waals surface area contributed by atoms with Gasteiger partial charge < -0.3 is 9.47 Å². The fourth-order valence-electron chi connectivity index (χ4n) is 1.84. The van der Waals surface area contributed by atoms with Crippen LogP contribution in [-0.4, -0.2) is 19.0 Å². The number of ether oxygens (including phenoxy) is 2. The predicted molar refractivity (Wildman–Crippen MR) is 83.6 cm³/mol. The normalized spacial score (nSPS) is 10.2. The molecule has 0 saturated carbocycles. The molecule has 0 radical (unpaired) electrons. The molecule has 0 aliphatic rings. The average Bonchev–Trinajstić information content (AvgIpc) is 2.49. The van der Waals surface area contributed by atoms with Crippen LogP contribution in [0.15, 0.2) is 42.5 Å². The van der Waals surface area contributed by atoms with Gasteiger partial charge in [0.15, 0.2) is 12.4 Å². The highest BCUT2D eigenvalue weighted by atomic mass is 35.5. The molecule has 0 aromatic heterocycles. The Morgan fingerprint density at radius 2 is 1.71 bits per heavy atom. The van der Waals surface area contributed by atoms with Crippen LogP contribution in [0.3, 0.4) is 0 Å². The molecule has 0 N–H and O–H groups in total. The molecule has 0 amide bonds. The third kappa shape index (κ3) is 4.23. The summed E-state index contributed by atoms with van der Waals surface area (Å²) in [7, 11) is 0. The first-order chi connectivity index (χ1) is 10.1. The Morgan fingerprint density at radius 1 is 1.05 bits per heavy atom. The molecule has 3 nitrogen and oxygen atoms in total. The van der Waals surface area contributed by atoms with Gasteiger partial charge in [-0.1, -0.05) is 11.6 Å². The first kappa shape index (κ1) is 15.4. The number of aryl methyl sites for hydroxylation is 1. The summed E-state index contributed by atoms with van der Waals surface area (Å²) < 4.78 is 10.8. The number of ketones is 1. The van der Waals surface area contributed by atoms with Crippen LogP contribution in [0.1, 0.15) is 22.8 Å². The minimum atomic E-state index is -0.0781. The van der Waals surface area contributed by atoms with Gasteiger partial charge in [0.1, 0.15) is 11.5 Å². The second-order valence-corrected chi connectivity index (χ2v) is 4.99. The molecule has 0 aliphatic carbocycles. The molecule has 0 fully saturated rings. The van der Waals surface area contributed by atoms with Crippen LogP contribution in [0.25, 0.3) is 0 Å². The van der Waals surface area contributed by atoms with Crippen molar-refractivity contribution >= 4 is 17.4 Å². The molecule has 2 aromatic rings. The monoisotopic (exact) mass is 304 g/mol. The van der Waals surface area contributed by atoms with Crippen molar-refractivity contribution in [3.8, 4) is 11.5 Å². The molecule has 0 unspecified atom stereocenters. The van der Waals surface area contributed by atoms with Crippen molar-refractivity contribution in [3.05, 3.63) is 58.6 Å². The maximum atomic E-state index is 12.0. The Bertz CT molecular complexity index is 620. The molecule has 110 valence electrons. The summed E-state index contributed by atoms with van der Waals surface area (Å²) in [6.45, 7) is 4.41. The van der Waals surface area contributed by atoms with Crippen LogP contribution in [0.2, 0.25) is 5.02 Å². The van der Waals surface area contributed by atoms with Crippen LogP contribution in [0, 0.1) is 6.92 Å². The molecule has 0 spiro atoms. The molecule has 4 heteroatoms. The smallest absolute Gasteiger partial charge is 0.200 e. The van der Waals surface area contributed by atoms with Crippen LogP contribution < -0.4 is 9.47 Å². The van der Waals surface area contributed by atoms with Gasteiger partial charge in [0.25, 0.3) is 0 Å². The molecule has 0 aliphatic heterocycles. The van der Waals surface area contributed by atoms with Crippen molar-refractivity contribution in [2.45, 2.75) is 13.8 Å². The fraction of sp³-hybridized carbons (Fsp3) is 0.235. The first-order valence-corrected chi connectivity index (χ1v) is 7.13. The van der Waals surface area contributed by atoms with Gasteiger partial charge in [-0.2, -0.15) is 0 Å². The minimum absolute atomic E-state index is 0.00491. The Kier molecular flexibility index (Phi) is 5.23. The van der Waals surface area contributed by atoms with Gasteiger partial charge in [-0.05, 0) is 61.9 Å². The van der Waals surface area contributed by atoms with E-state index in [0.29, 0.717) is 22.9 Å². The van der Waals surface area contributed by atoms with Crippen molar-refractivity contribution in [1.82, 2.24) is 0 Å². The Labute approximate surface area is 129 Å². The topological polar surface area (TPSA) is 35.5 Å². The zero-order chi connectivity index (χ0) is 15.2. The van der Waals surface area contributed by atoms with E-state index in [4.69, 9.17) is 21.1 Å². The lowest BCUT2D eigenvalue weighted by Crippen LogP contribution is -2.11. The molecule has 0 atom stereocenters. The highest BCUT2D eigenvalue weighted by Crippen LogP contribution is 2.21. The SMILES string of the molecule is CCOc1ccc(C(=O)COc2ccc(Cl)c(C)c2)cc1. The maximum absolute atomic E-state index is 12.0. The average molecular weight is 305 g/mol. The molecular weight excluding hydrogens is 288 g/mol. The molecule has 2 aromatic carbocycles. The zero-order valence-corrected chi connectivity index (χ0v) is 12.8. The van der Waals surface area contributed by atoms with Crippen molar-refractivity contribution in [3.63, 3.8) is 0 Å². The van der Waals surface area contributed by atoms with Crippen molar-refractivity contribution in [1.29, 1.82) is 0 Å². The van der Waals surface area contributed by atoms with Crippen molar-refractivity contribution in [2.75, 3.05) is 13.2 Å². The molecule has 2 rings (SSSR count). The van der Waals surface area contributed by atoms with E-state index < -0.39 is 0 Å². The molecule has 21 heavy (non-hydrogen) atoms. The number of hydrogen-bond acceptors (Lipinski definition) is 3. The van der Waals surface area contributed by atoms with Gasteiger partial charge in [0.2, 0.25) is 0 Å². The predicted octanol–water partition coefficient (Wildman–Crippen LogP) is 4.31. The van der Waals surface area contributed by atoms with Crippen LogP contribution in [0.4, 0.5) is 0 Å². The molecular formula is C17H17ClO3. The maximum Gasteiger partial charge on any atom is 0.200 e. The minimum Gasteiger partial charge on any atom is -0.494 e. The van der Waals surface area contributed by atoms with E-state index in [0.717, 1.165) is 11.3 Å². The van der Waals surface area contributed by atoms with E-state index in [-0.39, 0.29) is 12.4 Å². The van der Waals surface area contributed by atoms with E-state index in [1.54, 1.807) is 36.4 Å². The fourth-order valence-corrected chi connectivity index (χ4v) is 1.96. The number of rotatable bonds is 6. The lowest BCUT2D eigenvalue weighted by atomic mass is 10.1. The number of hydrogen-bond donors (Lipinski definition) is 0. The van der Waals surface area contributed by atoms with Crippen molar-refractivity contribution < 1.29 is 14.3 Å². The highest BCUT2D eigenvalue weighted by molar-refractivity contribution is 6.31. The van der Waals surface area contributed by atoms with E-state index in [9.17, 15) is 4.79 Å². The highest BCUT2D eigenvalue weighted by Gasteiger charge is 2.08. The Morgan fingerprint density at radius 3 is 2.33 bits per heavy atom. The summed E-state index contributed by atoms with van der Waals surface area (Å²) >= 11 is 5.95. The van der Waals surface area contributed by atoms with Gasteiger partial charge in [0, 0.05) is 10.6 Å². The summed E-state index contributed by atoms with van der Waals surface area (Å²) in [5, 5.41) is 0.681. The summed E-state index contributed by atoms with van der Waals surface area (Å²) in [6.07, 6.45) is 0. The van der Waals surface area contributed by atoms with E-state index >= 15 is 0 Å². The van der Waals surface area contributed by atoms with Crippen molar-refractivity contribution in [2.24, 2.45) is 0 Å². The van der Waals surface area contributed by atoms with Gasteiger partial charge in [-0.3, -0.25) is 4.79 Å². The lowest BCUT2D eigenvalue weighted by Gasteiger charge is -2.08. The standard InChI is InChI=1S/C17H17ClO3/c1-3-20-14-6-4-13(5-7-14)17(19)11-21-15-8-9-16(18)12(2)10-15/h4-10H,3,11H2,1-2H3. The number of benzene rings is 2. The number of carbonyl (C=O) groups excluding carboxylic acids is 1. The van der Waals surface area contributed by atoms with Crippen LogP contribution in [0.5, 0.6) is 11.5 Å². The number of carbonyl (C=O) groups is 1. The third-order valence-corrected chi connectivity index (χ3v) is 3.41.